The van der Waals surface area contributed by atoms with E-state index in [0.717, 1.165) is 25.3 Å². The van der Waals surface area contributed by atoms with Crippen molar-refractivity contribution in [1.29, 1.82) is 0 Å². The molecule has 0 unspecified atom stereocenters. The first-order valence-electron chi connectivity index (χ1n) is 9.72. The van der Waals surface area contributed by atoms with Gasteiger partial charge in [0.05, 0.1) is 11.6 Å². The summed E-state index contributed by atoms with van der Waals surface area (Å²) in [6.07, 6.45) is 0. The number of fused-ring (bicyclic) bond motifs is 1. The van der Waals surface area contributed by atoms with Crippen LogP contribution in [-0.2, 0) is 4.79 Å². The molecular formula is C22H26N4O2. The smallest absolute Gasteiger partial charge is 0.252 e. The molecule has 2 aliphatic heterocycles. The van der Waals surface area contributed by atoms with Crippen LogP contribution in [-0.4, -0.2) is 41.3 Å². The van der Waals surface area contributed by atoms with Crippen molar-refractivity contribution >= 4 is 17.6 Å². The lowest BCUT2D eigenvalue weighted by Gasteiger charge is -2.30. The summed E-state index contributed by atoms with van der Waals surface area (Å²) in [5.41, 5.74) is 9.31. The van der Waals surface area contributed by atoms with E-state index in [1.807, 2.05) is 30.0 Å². The highest BCUT2D eigenvalue weighted by Crippen LogP contribution is 2.46. The standard InChI is InChI=1S/C22H26N4O2/c1-13-6-4-5-7-17(13)20-19-12-25(10-16(19)11-26(20)15(3)27)22-18(21(23)28)9-8-14(2)24-22/h4-9,16,19-20H,10-12H2,1-3H3,(H2,23,28)/t16-,19-,20+/m1/s1. The number of hydrogen-bond acceptors (Lipinski definition) is 4. The monoisotopic (exact) mass is 378 g/mol. The van der Waals surface area contributed by atoms with Crippen LogP contribution < -0.4 is 10.6 Å². The summed E-state index contributed by atoms with van der Waals surface area (Å²) in [4.78, 5) is 33.1. The maximum atomic E-state index is 12.4. The predicted octanol–water partition coefficient (Wildman–Crippen LogP) is 2.45. The minimum absolute atomic E-state index is 0.0514. The van der Waals surface area contributed by atoms with Crippen LogP contribution in [0.2, 0.25) is 0 Å². The fraction of sp³-hybridized carbons (Fsp3) is 0.409. The summed E-state index contributed by atoms with van der Waals surface area (Å²) in [6.45, 7) is 7.92. The van der Waals surface area contributed by atoms with E-state index in [1.165, 1.54) is 11.1 Å². The summed E-state index contributed by atoms with van der Waals surface area (Å²) < 4.78 is 0. The van der Waals surface area contributed by atoms with Crippen LogP contribution in [0.3, 0.4) is 0 Å². The Labute approximate surface area is 165 Å². The number of aryl methyl sites for hydroxylation is 2. The summed E-state index contributed by atoms with van der Waals surface area (Å²) in [7, 11) is 0. The number of nitrogens with two attached hydrogens (primary N) is 1. The number of carbonyl (C=O) groups is 2. The molecule has 2 amide bonds. The Morgan fingerprint density at radius 2 is 1.82 bits per heavy atom. The maximum absolute atomic E-state index is 12.4. The van der Waals surface area contributed by atoms with Crippen molar-refractivity contribution in [3.63, 3.8) is 0 Å². The van der Waals surface area contributed by atoms with Crippen LogP contribution in [0, 0.1) is 25.7 Å². The van der Waals surface area contributed by atoms with Gasteiger partial charge in [-0.25, -0.2) is 4.98 Å². The zero-order valence-electron chi connectivity index (χ0n) is 16.6. The Morgan fingerprint density at radius 1 is 1.07 bits per heavy atom. The number of carbonyl (C=O) groups excluding carboxylic acids is 2. The highest BCUT2D eigenvalue weighted by Gasteiger charge is 2.49. The van der Waals surface area contributed by atoms with Crippen molar-refractivity contribution in [2.24, 2.45) is 17.6 Å². The lowest BCUT2D eigenvalue weighted by atomic mass is 9.87. The Bertz CT molecular complexity index is 942. The molecule has 2 aliphatic rings. The van der Waals surface area contributed by atoms with Gasteiger partial charge in [0, 0.05) is 44.1 Å². The third-order valence-corrected chi connectivity index (χ3v) is 6.16. The molecular weight excluding hydrogens is 352 g/mol. The fourth-order valence-electron chi connectivity index (χ4n) is 4.84. The summed E-state index contributed by atoms with van der Waals surface area (Å²) in [5.74, 6) is 0.963. The van der Waals surface area contributed by atoms with Gasteiger partial charge in [0.1, 0.15) is 5.82 Å². The minimum Gasteiger partial charge on any atom is -0.365 e. The first-order valence-corrected chi connectivity index (χ1v) is 9.72. The molecule has 6 nitrogen and oxygen atoms in total. The Kier molecular flexibility index (Phi) is 4.57. The second-order valence-corrected chi connectivity index (χ2v) is 7.99. The molecule has 0 bridgehead atoms. The van der Waals surface area contributed by atoms with Crippen molar-refractivity contribution in [2.75, 3.05) is 24.5 Å². The van der Waals surface area contributed by atoms with E-state index < -0.39 is 5.91 Å². The van der Waals surface area contributed by atoms with Gasteiger partial charge in [0.25, 0.3) is 5.91 Å². The number of primary amides is 1. The van der Waals surface area contributed by atoms with Crippen molar-refractivity contribution in [3.05, 3.63) is 58.8 Å². The van der Waals surface area contributed by atoms with Gasteiger partial charge in [-0.1, -0.05) is 24.3 Å². The third kappa shape index (κ3) is 3.03. The number of amides is 2. The molecule has 2 saturated heterocycles. The minimum atomic E-state index is -0.458. The highest BCUT2D eigenvalue weighted by molar-refractivity contribution is 5.97. The molecule has 3 heterocycles. The lowest BCUT2D eigenvalue weighted by molar-refractivity contribution is -0.130. The van der Waals surface area contributed by atoms with E-state index in [9.17, 15) is 9.59 Å². The molecule has 146 valence electrons. The molecule has 3 atom stereocenters. The van der Waals surface area contributed by atoms with Crippen molar-refractivity contribution in [3.8, 4) is 0 Å². The van der Waals surface area contributed by atoms with Crippen LogP contribution in [0.5, 0.6) is 0 Å². The third-order valence-electron chi connectivity index (χ3n) is 6.16. The van der Waals surface area contributed by atoms with Gasteiger partial charge in [0.15, 0.2) is 0 Å². The second-order valence-electron chi connectivity index (χ2n) is 7.99. The van der Waals surface area contributed by atoms with E-state index in [2.05, 4.69) is 28.9 Å². The largest absolute Gasteiger partial charge is 0.365 e. The van der Waals surface area contributed by atoms with E-state index in [1.54, 1.807) is 13.0 Å². The first-order chi connectivity index (χ1) is 13.4. The van der Waals surface area contributed by atoms with Gasteiger partial charge < -0.3 is 15.5 Å². The average molecular weight is 378 g/mol. The molecule has 2 aromatic rings. The number of pyridine rings is 1. The lowest BCUT2D eigenvalue weighted by Crippen LogP contribution is -2.35. The molecule has 28 heavy (non-hydrogen) atoms. The van der Waals surface area contributed by atoms with E-state index in [0.29, 0.717) is 23.2 Å². The number of benzene rings is 1. The molecule has 0 aliphatic carbocycles. The molecule has 1 aromatic heterocycles. The summed E-state index contributed by atoms with van der Waals surface area (Å²) in [5, 5.41) is 0. The van der Waals surface area contributed by atoms with Gasteiger partial charge in [-0.05, 0) is 37.1 Å². The number of hydrogen-bond donors (Lipinski definition) is 1. The Morgan fingerprint density at radius 3 is 2.50 bits per heavy atom. The highest BCUT2D eigenvalue weighted by atomic mass is 16.2. The number of nitrogens with zero attached hydrogens (tertiary/aromatic N) is 3. The predicted molar refractivity (Wildman–Crippen MR) is 108 cm³/mol. The topological polar surface area (TPSA) is 79.5 Å². The Hall–Kier alpha value is -2.89. The SMILES string of the molecule is CC(=O)N1C[C@H]2CN(c3nc(C)ccc3C(N)=O)C[C@H]2[C@@H]1c1ccccc1C. The van der Waals surface area contributed by atoms with Gasteiger partial charge in [-0.15, -0.1) is 0 Å². The van der Waals surface area contributed by atoms with Crippen LogP contribution in [0.25, 0.3) is 0 Å². The molecule has 2 fully saturated rings. The summed E-state index contributed by atoms with van der Waals surface area (Å²) in [6, 6.07) is 11.9. The van der Waals surface area contributed by atoms with Gasteiger partial charge >= 0.3 is 0 Å². The molecule has 2 N–H and O–H groups in total. The van der Waals surface area contributed by atoms with E-state index in [-0.39, 0.29) is 11.9 Å². The van der Waals surface area contributed by atoms with Crippen LogP contribution in [0.4, 0.5) is 5.82 Å². The second kappa shape index (κ2) is 6.93. The quantitative estimate of drug-likeness (QED) is 0.890. The first kappa shape index (κ1) is 18.5. The fourth-order valence-corrected chi connectivity index (χ4v) is 4.84. The number of rotatable bonds is 3. The number of anilines is 1. The van der Waals surface area contributed by atoms with Gasteiger partial charge in [-0.3, -0.25) is 9.59 Å². The van der Waals surface area contributed by atoms with Crippen molar-refractivity contribution in [1.82, 2.24) is 9.88 Å². The summed E-state index contributed by atoms with van der Waals surface area (Å²) >= 11 is 0. The molecule has 6 heteroatoms. The molecule has 0 spiro atoms. The van der Waals surface area contributed by atoms with Crippen molar-refractivity contribution in [2.45, 2.75) is 26.8 Å². The molecule has 4 rings (SSSR count). The molecule has 0 radical (unpaired) electrons. The van der Waals surface area contributed by atoms with E-state index >= 15 is 0 Å². The van der Waals surface area contributed by atoms with Gasteiger partial charge in [-0.2, -0.15) is 0 Å². The van der Waals surface area contributed by atoms with Gasteiger partial charge in [0.2, 0.25) is 5.91 Å². The van der Waals surface area contributed by atoms with Crippen molar-refractivity contribution < 1.29 is 9.59 Å². The number of aromatic nitrogens is 1. The maximum Gasteiger partial charge on any atom is 0.252 e. The number of likely N-dealkylation sites (tertiary alicyclic amines) is 1. The van der Waals surface area contributed by atoms with Crippen LogP contribution in [0.1, 0.15) is 40.1 Å². The molecule has 0 saturated carbocycles. The zero-order chi connectivity index (χ0) is 20.0. The average Bonchev–Trinajstić information content (AvgIpc) is 3.20. The van der Waals surface area contributed by atoms with Crippen LogP contribution >= 0.6 is 0 Å². The Balaban J connectivity index is 1.70. The van der Waals surface area contributed by atoms with Crippen LogP contribution in [0.15, 0.2) is 36.4 Å². The van der Waals surface area contributed by atoms with E-state index in [4.69, 9.17) is 5.73 Å². The zero-order valence-corrected chi connectivity index (χ0v) is 16.6. The normalized spacial score (nSPS) is 23.8. The molecule has 1 aromatic carbocycles.